The fraction of sp³-hybridized carbons (Fsp3) is 0.333. The van der Waals surface area contributed by atoms with Gasteiger partial charge in [-0.3, -0.25) is 9.59 Å². The first-order valence-electron chi connectivity index (χ1n) is 7.76. The Labute approximate surface area is 140 Å². The van der Waals surface area contributed by atoms with Gasteiger partial charge in [0.05, 0.1) is 14.2 Å². The quantitative estimate of drug-likeness (QED) is 0.934. The van der Waals surface area contributed by atoms with Crippen LogP contribution in [0.2, 0.25) is 0 Å². The molecule has 0 radical (unpaired) electrons. The molecule has 1 aliphatic heterocycles. The Morgan fingerprint density at radius 1 is 1.12 bits per heavy atom. The summed E-state index contributed by atoms with van der Waals surface area (Å²) in [6.45, 7) is 2.79. The van der Waals surface area contributed by atoms with Crippen LogP contribution >= 0.6 is 0 Å². The second-order valence-electron chi connectivity index (χ2n) is 5.85. The van der Waals surface area contributed by atoms with Gasteiger partial charge in [0.25, 0.3) is 5.91 Å². The van der Waals surface area contributed by atoms with E-state index < -0.39 is 0 Å². The van der Waals surface area contributed by atoms with E-state index >= 15 is 0 Å². The molecular formula is C18H20N2O4. The Morgan fingerprint density at radius 2 is 1.79 bits per heavy atom. The molecule has 0 aliphatic carbocycles. The van der Waals surface area contributed by atoms with E-state index in [4.69, 9.17) is 9.47 Å². The summed E-state index contributed by atoms with van der Waals surface area (Å²) in [5, 5.41) is 0. The summed E-state index contributed by atoms with van der Waals surface area (Å²) in [5.74, 6) is 1.07. The summed E-state index contributed by atoms with van der Waals surface area (Å²) in [6.07, 6.45) is 2.20. The molecule has 0 unspecified atom stereocenters. The largest absolute Gasteiger partial charge is 0.493 e. The number of aryl methyl sites for hydroxylation is 1. The van der Waals surface area contributed by atoms with Crippen molar-refractivity contribution in [1.29, 1.82) is 0 Å². The van der Waals surface area contributed by atoms with Gasteiger partial charge in [0, 0.05) is 31.0 Å². The summed E-state index contributed by atoms with van der Waals surface area (Å²) in [6, 6.07) is 5.29. The van der Waals surface area contributed by atoms with E-state index in [9.17, 15) is 9.59 Å². The highest BCUT2D eigenvalue weighted by Crippen LogP contribution is 2.33. The molecular weight excluding hydrogens is 308 g/mol. The summed E-state index contributed by atoms with van der Waals surface area (Å²) in [7, 11) is 3.19. The van der Waals surface area contributed by atoms with Gasteiger partial charge in [0.2, 0.25) is 0 Å². The first kappa shape index (κ1) is 16.1. The first-order chi connectivity index (χ1) is 11.5. The smallest absolute Gasteiger partial charge is 0.259 e. The minimum atomic E-state index is -0.255. The van der Waals surface area contributed by atoms with Crippen molar-refractivity contribution in [3.8, 4) is 11.5 Å². The molecule has 1 amide bonds. The van der Waals surface area contributed by atoms with E-state index in [1.807, 2.05) is 12.1 Å². The average molecular weight is 328 g/mol. The zero-order chi connectivity index (χ0) is 17.3. The fourth-order valence-corrected chi connectivity index (χ4v) is 2.97. The number of rotatable bonds is 3. The highest BCUT2D eigenvalue weighted by atomic mass is 16.5. The molecule has 0 atom stereocenters. The van der Waals surface area contributed by atoms with Crippen LogP contribution in [-0.4, -0.2) is 36.6 Å². The van der Waals surface area contributed by atoms with Gasteiger partial charge in [-0.25, -0.2) is 0 Å². The molecule has 1 N–H and O–H groups in total. The lowest BCUT2D eigenvalue weighted by Gasteiger charge is -2.29. The number of aromatic amines is 1. The molecule has 0 spiro atoms. The minimum absolute atomic E-state index is 0.171. The zero-order valence-electron chi connectivity index (χ0n) is 14.0. The SMILES string of the molecule is COc1cc2c(cc1OC)CN(C(=O)c1c[nH]c(C)cc1=O)CC2. The average Bonchev–Trinajstić information content (AvgIpc) is 2.59. The number of amides is 1. The number of hydrogen-bond acceptors (Lipinski definition) is 4. The lowest BCUT2D eigenvalue weighted by molar-refractivity contribution is 0.0732. The maximum atomic E-state index is 12.7. The second-order valence-corrected chi connectivity index (χ2v) is 5.85. The van der Waals surface area contributed by atoms with Crippen molar-refractivity contribution in [2.75, 3.05) is 20.8 Å². The van der Waals surface area contributed by atoms with E-state index in [2.05, 4.69) is 4.98 Å². The number of carbonyl (C=O) groups excluding carboxylic acids is 1. The van der Waals surface area contributed by atoms with E-state index in [1.54, 1.807) is 26.0 Å². The molecule has 0 bridgehead atoms. The van der Waals surface area contributed by atoms with E-state index in [-0.39, 0.29) is 16.9 Å². The number of aromatic nitrogens is 1. The molecule has 126 valence electrons. The van der Waals surface area contributed by atoms with Crippen LogP contribution in [0.5, 0.6) is 11.5 Å². The van der Waals surface area contributed by atoms with Crippen LogP contribution in [0.15, 0.2) is 29.2 Å². The molecule has 1 aromatic carbocycles. The lowest BCUT2D eigenvalue weighted by atomic mass is 9.98. The van der Waals surface area contributed by atoms with Crippen LogP contribution in [0.3, 0.4) is 0 Å². The molecule has 6 heteroatoms. The van der Waals surface area contributed by atoms with Crippen molar-refractivity contribution in [3.63, 3.8) is 0 Å². The van der Waals surface area contributed by atoms with Crippen molar-refractivity contribution in [2.24, 2.45) is 0 Å². The van der Waals surface area contributed by atoms with E-state index in [0.29, 0.717) is 31.0 Å². The second kappa shape index (κ2) is 6.39. The van der Waals surface area contributed by atoms with Crippen LogP contribution in [0.25, 0.3) is 0 Å². The topological polar surface area (TPSA) is 71.6 Å². The maximum Gasteiger partial charge on any atom is 0.259 e. The monoisotopic (exact) mass is 328 g/mol. The third kappa shape index (κ3) is 2.87. The summed E-state index contributed by atoms with van der Waals surface area (Å²) < 4.78 is 10.7. The lowest BCUT2D eigenvalue weighted by Crippen LogP contribution is -2.38. The van der Waals surface area contributed by atoms with Crippen LogP contribution in [0, 0.1) is 6.92 Å². The molecule has 2 heterocycles. The Bertz CT molecular complexity index is 841. The number of methoxy groups -OCH3 is 2. The number of fused-ring (bicyclic) bond motifs is 1. The van der Waals surface area contributed by atoms with Crippen LogP contribution in [0.4, 0.5) is 0 Å². The minimum Gasteiger partial charge on any atom is -0.493 e. The molecule has 0 fully saturated rings. The van der Waals surface area contributed by atoms with Crippen molar-refractivity contribution in [3.05, 3.63) is 57.0 Å². The highest BCUT2D eigenvalue weighted by molar-refractivity contribution is 5.94. The van der Waals surface area contributed by atoms with Gasteiger partial charge in [-0.05, 0) is 36.6 Å². The molecule has 24 heavy (non-hydrogen) atoms. The standard InChI is InChI=1S/C18H20N2O4/c1-11-6-15(21)14(9-19-11)18(22)20-5-4-12-7-16(23-2)17(24-3)8-13(12)10-20/h6-9H,4-5,10H2,1-3H3,(H,19,21). The van der Waals surface area contributed by atoms with Crippen molar-refractivity contribution in [2.45, 2.75) is 19.9 Å². The summed E-state index contributed by atoms with van der Waals surface area (Å²) >= 11 is 0. The Morgan fingerprint density at radius 3 is 2.42 bits per heavy atom. The maximum absolute atomic E-state index is 12.7. The summed E-state index contributed by atoms with van der Waals surface area (Å²) in [5.41, 5.74) is 2.79. The number of nitrogens with one attached hydrogen (secondary N) is 1. The number of pyridine rings is 1. The highest BCUT2D eigenvalue weighted by Gasteiger charge is 2.25. The van der Waals surface area contributed by atoms with Gasteiger partial charge in [-0.15, -0.1) is 0 Å². The molecule has 0 saturated heterocycles. The summed E-state index contributed by atoms with van der Waals surface area (Å²) in [4.78, 5) is 29.3. The molecule has 1 aliphatic rings. The number of hydrogen-bond donors (Lipinski definition) is 1. The third-order valence-corrected chi connectivity index (χ3v) is 4.29. The van der Waals surface area contributed by atoms with E-state index in [0.717, 1.165) is 16.8 Å². The Balaban J connectivity index is 1.89. The molecule has 2 aromatic rings. The molecule has 1 aromatic heterocycles. The van der Waals surface area contributed by atoms with Gasteiger partial charge >= 0.3 is 0 Å². The van der Waals surface area contributed by atoms with Crippen LogP contribution < -0.4 is 14.9 Å². The third-order valence-electron chi connectivity index (χ3n) is 4.29. The first-order valence-corrected chi connectivity index (χ1v) is 7.76. The number of benzene rings is 1. The molecule has 6 nitrogen and oxygen atoms in total. The van der Waals surface area contributed by atoms with Crippen molar-refractivity contribution >= 4 is 5.91 Å². The van der Waals surface area contributed by atoms with E-state index in [1.165, 1.54) is 12.3 Å². The van der Waals surface area contributed by atoms with Gasteiger partial charge in [-0.2, -0.15) is 0 Å². The predicted octanol–water partition coefficient (Wildman–Crippen LogP) is 1.90. The number of H-pyrrole nitrogens is 1. The Kier molecular flexibility index (Phi) is 4.29. The van der Waals surface area contributed by atoms with Crippen LogP contribution in [0.1, 0.15) is 27.2 Å². The van der Waals surface area contributed by atoms with Crippen LogP contribution in [-0.2, 0) is 13.0 Å². The van der Waals surface area contributed by atoms with Crippen molar-refractivity contribution in [1.82, 2.24) is 9.88 Å². The number of nitrogens with zero attached hydrogens (tertiary/aromatic N) is 1. The van der Waals surface area contributed by atoms with Gasteiger partial charge in [0.1, 0.15) is 5.56 Å². The molecule has 3 rings (SSSR count). The van der Waals surface area contributed by atoms with Gasteiger partial charge < -0.3 is 19.4 Å². The Hall–Kier alpha value is -2.76. The van der Waals surface area contributed by atoms with Gasteiger partial charge in [-0.1, -0.05) is 0 Å². The fourth-order valence-electron chi connectivity index (χ4n) is 2.97. The zero-order valence-corrected chi connectivity index (χ0v) is 14.0. The number of carbonyl (C=O) groups is 1. The van der Waals surface area contributed by atoms with Gasteiger partial charge in [0.15, 0.2) is 16.9 Å². The number of ether oxygens (including phenoxy) is 2. The molecule has 0 saturated carbocycles. The normalized spacial score (nSPS) is 13.4. The van der Waals surface area contributed by atoms with Crippen molar-refractivity contribution < 1.29 is 14.3 Å². The predicted molar refractivity (Wildman–Crippen MR) is 89.8 cm³/mol.